The fourth-order valence-corrected chi connectivity index (χ4v) is 5.23. The van der Waals surface area contributed by atoms with Crippen molar-refractivity contribution in [3.05, 3.63) is 129 Å². The number of carbonyl (C=O) groups excluding carboxylic acids is 1. The van der Waals surface area contributed by atoms with Crippen molar-refractivity contribution >= 4 is 35.0 Å². The van der Waals surface area contributed by atoms with Gasteiger partial charge < -0.3 is 15.3 Å². The molecule has 1 amide bonds. The fourth-order valence-electron chi connectivity index (χ4n) is 4.76. The van der Waals surface area contributed by atoms with Gasteiger partial charge in [0.15, 0.2) is 0 Å². The molecule has 0 aliphatic heterocycles. The quantitative estimate of drug-likeness (QED) is 0.139. The van der Waals surface area contributed by atoms with Crippen molar-refractivity contribution in [2.24, 2.45) is 0 Å². The van der Waals surface area contributed by atoms with E-state index in [9.17, 15) is 24.8 Å². The number of benzene rings is 4. The number of hydrogen-bond donors (Lipinski definition) is 2. The molecule has 0 radical (unpaired) electrons. The standard InChI is InChI=1S/C33H33N3O5S.Li/c1-23-8-6-7-11-28(23)30-20-25(12-17-29(30)32(37)34-31(33(38)39)18-19-42-2)22-35(21-24-9-4-3-5-10-24)26-13-15-27(16-14-26)36(40)41;/h3-17,20,31H,18-19,21-22H2,1-2H3,(H,34,37)(H,38,39);/q;+1. The minimum atomic E-state index is -1.06. The number of aryl methyl sites for hydroxylation is 1. The molecule has 4 aromatic rings. The number of hydrogen-bond acceptors (Lipinski definition) is 6. The summed E-state index contributed by atoms with van der Waals surface area (Å²) in [6, 6.07) is 28.8. The minimum absolute atomic E-state index is 0. The van der Waals surface area contributed by atoms with Crippen LogP contribution in [-0.2, 0) is 17.9 Å². The topological polar surface area (TPSA) is 113 Å². The van der Waals surface area contributed by atoms with E-state index in [1.165, 1.54) is 23.9 Å². The molecule has 4 rings (SSSR count). The van der Waals surface area contributed by atoms with Gasteiger partial charge in [0, 0.05) is 36.5 Å². The first-order valence-corrected chi connectivity index (χ1v) is 14.9. The Morgan fingerprint density at radius 3 is 2.19 bits per heavy atom. The molecule has 43 heavy (non-hydrogen) atoms. The van der Waals surface area contributed by atoms with E-state index in [4.69, 9.17) is 0 Å². The molecule has 0 saturated heterocycles. The summed E-state index contributed by atoms with van der Waals surface area (Å²) in [6.45, 7) is 3.01. The van der Waals surface area contributed by atoms with Crippen LogP contribution in [0.25, 0.3) is 11.1 Å². The Labute approximate surface area is 267 Å². The minimum Gasteiger partial charge on any atom is -0.480 e. The molecule has 4 aromatic carbocycles. The number of carboxylic acids is 1. The van der Waals surface area contributed by atoms with Gasteiger partial charge in [0.2, 0.25) is 0 Å². The number of nitro groups is 1. The van der Waals surface area contributed by atoms with E-state index >= 15 is 0 Å². The van der Waals surface area contributed by atoms with Gasteiger partial charge in [-0.05, 0) is 77.4 Å². The van der Waals surface area contributed by atoms with Gasteiger partial charge in [-0.1, -0.05) is 60.7 Å². The summed E-state index contributed by atoms with van der Waals surface area (Å²) >= 11 is 1.53. The number of carbonyl (C=O) groups is 2. The Bertz CT molecular complexity index is 1550. The summed E-state index contributed by atoms with van der Waals surface area (Å²) < 4.78 is 0. The molecule has 0 fully saturated rings. The Hall–Kier alpha value is -4.03. The number of carboxylic acid groups (broad SMARTS) is 1. The molecule has 8 nitrogen and oxygen atoms in total. The van der Waals surface area contributed by atoms with Crippen molar-refractivity contribution in [1.82, 2.24) is 5.32 Å². The molecule has 1 atom stereocenters. The second-order valence-electron chi connectivity index (χ2n) is 9.96. The van der Waals surface area contributed by atoms with Crippen LogP contribution < -0.4 is 29.1 Å². The number of nitrogens with zero attached hydrogens (tertiary/aromatic N) is 2. The molecular formula is C33H33LiN3O5S+. The first-order valence-electron chi connectivity index (χ1n) is 13.5. The summed E-state index contributed by atoms with van der Waals surface area (Å²) in [5.41, 5.74) is 5.82. The van der Waals surface area contributed by atoms with E-state index in [1.54, 1.807) is 18.2 Å². The molecular weight excluding hydrogens is 557 g/mol. The van der Waals surface area contributed by atoms with Crippen LogP contribution in [0.15, 0.2) is 97.1 Å². The molecule has 1 unspecified atom stereocenters. The molecule has 0 bridgehead atoms. The van der Waals surface area contributed by atoms with Gasteiger partial charge in [0.05, 0.1) is 4.92 Å². The first kappa shape index (κ1) is 33.5. The van der Waals surface area contributed by atoms with Gasteiger partial charge >= 0.3 is 24.8 Å². The monoisotopic (exact) mass is 590 g/mol. The van der Waals surface area contributed by atoms with Crippen molar-refractivity contribution < 1.29 is 38.5 Å². The van der Waals surface area contributed by atoms with Gasteiger partial charge in [-0.2, -0.15) is 11.8 Å². The number of amides is 1. The summed E-state index contributed by atoms with van der Waals surface area (Å²) in [6.07, 6.45) is 2.22. The number of aliphatic carboxylic acids is 1. The zero-order valence-electron chi connectivity index (χ0n) is 24.5. The van der Waals surface area contributed by atoms with Crippen LogP contribution in [0, 0.1) is 17.0 Å². The van der Waals surface area contributed by atoms with Gasteiger partial charge in [0.1, 0.15) is 6.04 Å². The average Bonchev–Trinajstić information content (AvgIpc) is 2.99. The number of anilines is 1. The number of non-ortho nitro benzene ring substituents is 1. The molecule has 0 saturated carbocycles. The summed E-state index contributed by atoms with van der Waals surface area (Å²) in [5.74, 6) is -0.892. The van der Waals surface area contributed by atoms with Gasteiger partial charge in [-0.3, -0.25) is 14.9 Å². The molecule has 0 spiro atoms. The maximum absolute atomic E-state index is 13.5. The summed E-state index contributed by atoms with van der Waals surface area (Å²) in [7, 11) is 0. The zero-order chi connectivity index (χ0) is 30.1. The number of rotatable bonds is 13. The Morgan fingerprint density at radius 2 is 1.56 bits per heavy atom. The molecule has 10 heteroatoms. The van der Waals surface area contributed by atoms with Crippen molar-refractivity contribution in [1.29, 1.82) is 0 Å². The van der Waals surface area contributed by atoms with Gasteiger partial charge in [0.25, 0.3) is 11.6 Å². The second kappa shape index (κ2) is 16.0. The van der Waals surface area contributed by atoms with E-state index < -0.39 is 22.8 Å². The van der Waals surface area contributed by atoms with E-state index in [0.29, 0.717) is 36.4 Å². The van der Waals surface area contributed by atoms with Crippen molar-refractivity contribution in [2.45, 2.75) is 32.5 Å². The Kier molecular flexibility index (Phi) is 12.4. The maximum Gasteiger partial charge on any atom is 1.00 e. The van der Waals surface area contributed by atoms with Gasteiger partial charge in [-0.15, -0.1) is 0 Å². The smallest absolute Gasteiger partial charge is 0.480 e. The molecule has 216 valence electrons. The van der Waals surface area contributed by atoms with E-state index in [0.717, 1.165) is 27.9 Å². The molecule has 0 aliphatic carbocycles. The van der Waals surface area contributed by atoms with E-state index in [2.05, 4.69) is 10.2 Å². The van der Waals surface area contributed by atoms with Crippen LogP contribution in [0.2, 0.25) is 0 Å². The Balaban J connectivity index is 0.00000506. The number of thioether (sulfide) groups is 1. The Morgan fingerprint density at radius 1 is 0.907 bits per heavy atom. The molecule has 2 N–H and O–H groups in total. The first-order chi connectivity index (χ1) is 20.3. The van der Waals surface area contributed by atoms with Crippen molar-refractivity contribution in [3.8, 4) is 11.1 Å². The normalized spacial score (nSPS) is 11.2. The predicted octanol–water partition coefficient (Wildman–Crippen LogP) is 3.72. The molecule has 0 aliphatic rings. The predicted molar refractivity (Wildman–Crippen MR) is 168 cm³/mol. The SMILES string of the molecule is CSCCC(NC(=O)c1ccc(CN(Cc2ccccc2)c2ccc([N+](=O)[O-])cc2)cc1-c1ccccc1C)C(=O)O.[Li+]. The summed E-state index contributed by atoms with van der Waals surface area (Å²) in [4.78, 5) is 38.2. The average molecular weight is 591 g/mol. The third-order valence-corrected chi connectivity index (χ3v) is 7.64. The van der Waals surface area contributed by atoms with Crippen molar-refractivity contribution in [3.63, 3.8) is 0 Å². The maximum atomic E-state index is 13.5. The summed E-state index contributed by atoms with van der Waals surface area (Å²) in [5, 5.41) is 23.6. The third-order valence-electron chi connectivity index (χ3n) is 6.99. The molecule has 0 heterocycles. The number of nitrogens with one attached hydrogen (secondary N) is 1. The van der Waals surface area contributed by atoms with Crippen LogP contribution in [0.1, 0.15) is 33.5 Å². The van der Waals surface area contributed by atoms with Crippen LogP contribution in [0.5, 0.6) is 0 Å². The second-order valence-corrected chi connectivity index (χ2v) is 10.9. The molecule has 0 aromatic heterocycles. The van der Waals surface area contributed by atoms with Crippen LogP contribution >= 0.6 is 11.8 Å². The zero-order valence-corrected chi connectivity index (χ0v) is 25.3. The van der Waals surface area contributed by atoms with Gasteiger partial charge in [-0.25, -0.2) is 4.79 Å². The van der Waals surface area contributed by atoms with Crippen LogP contribution in [0.3, 0.4) is 0 Å². The fraction of sp³-hybridized carbons (Fsp3) is 0.212. The van der Waals surface area contributed by atoms with E-state index in [-0.39, 0.29) is 24.5 Å². The largest absolute Gasteiger partial charge is 1.00 e. The number of nitro benzene ring substituents is 1. The van der Waals surface area contributed by atoms with E-state index in [1.807, 2.05) is 79.9 Å². The van der Waals surface area contributed by atoms with Crippen LogP contribution in [0.4, 0.5) is 11.4 Å². The third kappa shape index (κ3) is 8.98. The van der Waals surface area contributed by atoms with Crippen molar-refractivity contribution in [2.75, 3.05) is 16.9 Å². The van der Waals surface area contributed by atoms with Crippen LogP contribution in [-0.4, -0.2) is 40.0 Å².